The largest absolute Gasteiger partial charge is 0.383 e. The molecule has 0 bridgehead atoms. The average molecular weight is 553 g/mol. The highest BCUT2D eigenvalue weighted by Crippen LogP contribution is 2.45. The third-order valence-electron chi connectivity index (χ3n) is 7.08. The molecule has 1 saturated carbocycles. The van der Waals surface area contributed by atoms with E-state index in [2.05, 4.69) is 58.4 Å². The van der Waals surface area contributed by atoms with Gasteiger partial charge in [-0.2, -0.15) is 14.0 Å². The fourth-order valence-electron chi connectivity index (χ4n) is 4.60. The van der Waals surface area contributed by atoms with E-state index in [4.69, 9.17) is 11.6 Å². The summed E-state index contributed by atoms with van der Waals surface area (Å²) in [7, 11) is 0. The first kappa shape index (κ1) is 26.9. The van der Waals surface area contributed by atoms with Gasteiger partial charge in [0.2, 0.25) is 11.9 Å². The fraction of sp³-hybridized carbons (Fsp3) is 0.393. The molecule has 1 aliphatic carbocycles. The Balaban J connectivity index is 1.61. The van der Waals surface area contributed by atoms with Crippen LogP contribution in [0.5, 0.6) is 0 Å². The fourth-order valence-corrected chi connectivity index (χ4v) is 4.86. The predicted molar refractivity (Wildman–Crippen MR) is 149 cm³/mol. The molecule has 4 N–H and O–H groups in total. The van der Waals surface area contributed by atoms with E-state index >= 15 is 4.39 Å². The number of nitriles is 1. The number of halogens is 3. The second-order valence-electron chi connectivity index (χ2n) is 11.6. The molecule has 1 aromatic carbocycles. The zero-order chi connectivity index (χ0) is 28.1. The maximum atomic E-state index is 15.8. The van der Waals surface area contributed by atoms with E-state index in [1.54, 1.807) is 19.1 Å². The Morgan fingerprint density at radius 1 is 1.26 bits per heavy atom. The topological polar surface area (TPSA) is 101 Å². The summed E-state index contributed by atoms with van der Waals surface area (Å²) in [4.78, 5) is 8.39. The Labute approximate surface area is 231 Å². The maximum Gasteiger partial charge on any atom is 0.228 e. The van der Waals surface area contributed by atoms with Crippen molar-refractivity contribution >= 4 is 33.9 Å². The third kappa shape index (κ3) is 5.29. The van der Waals surface area contributed by atoms with Gasteiger partial charge in [0.15, 0.2) is 0 Å². The van der Waals surface area contributed by atoms with E-state index in [0.29, 0.717) is 50.7 Å². The molecule has 3 heterocycles. The van der Waals surface area contributed by atoms with Gasteiger partial charge in [0, 0.05) is 35.1 Å². The molecule has 0 amide bonds. The normalized spacial score (nSPS) is 17.2. The van der Waals surface area contributed by atoms with Gasteiger partial charge in [0.25, 0.3) is 0 Å². The van der Waals surface area contributed by atoms with Crippen LogP contribution < -0.4 is 21.6 Å². The average Bonchev–Trinajstić information content (AvgIpc) is 3.49. The van der Waals surface area contributed by atoms with Gasteiger partial charge < -0.3 is 16.1 Å². The van der Waals surface area contributed by atoms with Crippen molar-refractivity contribution < 1.29 is 8.78 Å². The Hall–Kier alpha value is -3.68. The molecule has 1 aliphatic heterocycles. The molecule has 3 aromatic rings. The highest BCUT2D eigenvalue weighted by atomic mass is 35.5. The Morgan fingerprint density at radius 3 is 2.64 bits per heavy atom. The number of rotatable bonds is 7. The first-order valence-electron chi connectivity index (χ1n) is 12.8. The van der Waals surface area contributed by atoms with Crippen LogP contribution in [0.4, 0.5) is 20.2 Å². The number of fused-ring (bicyclic) bond motifs is 1. The van der Waals surface area contributed by atoms with Crippen molar-refractivity contribution in [2.75, 3.05) is 17.2 Å². The van der Waals surface area contributed by atoms with E-state index in [1.807, 2.05) is 13.0 Å². The Morgan fingerprint density at radius 2 is 2.00 bits per heavy atom. The SMILES string of the molecule is Cc1nc(F)ccc1[C@H](Nc1cc(Cl)c2ncc(C#N)c(NCC(C)(C)C)c2c1)C1=C(F)N(C2(C)CC2)NN1. The number of aryl methyl sites for hydroxylation is 1. The van der Waals surface area contributed by atoms with E-state index < -0.39 is 17.9 Å². The summed E-state index contributed by atoms with van der Waals surface area (Å²) in [5, 5.41) is 19.1. The molecule has 0 spiro atoms. The molecule has 8 nitrogen and oxygen atoms in total. The van der Waals surface area contributed by atoms with Gasteiger partial charge in [-0.3, -0.25) is 9.99 Å². The molecule has 0 unspecified atom stereocenters. The summed E-state index contributed by atoms with van der Waals surface area (Å²) >= 11 is 6.68. The van der Waals surface area contributed by atoms with Gasteiger partial charge in [-0.05, 0) is 50.3 Å². The number of anilines is 2. The van der Waals surface area contributed by atoms with Crippen LogP contribution in [0.3, 0.4) is 0 Å². The van der Waals surface area contributed by atoms with Crippen molar-refractivity contribution in [1.29, 1.82) is 5.26 Å². The molecule has 11 heteroatoms. The summed E-state index contributed by atoms with van der Waals surface area (Å²) in [5.74, 6) is -1.07. The van der Waals surface area contributed by atoms with Crippen molar-refractivity contribution in [1.82, 2.24) is 25.9 Å². The van der Waals surface area contributed by atoms with Crippen LogP contribution in [-0.2, 0) is 0 Å². The summed E-state index contributed by atoms with van der Waals surface area (Å²) in [5.41, 5.74) is 8.91. The van der Waals surface area contributed by atoms with Gasteiger partial charge in [0.05, 0.1) is 33.4 Å². The minimum Gasteiger partial charge on any atom is -0.383 e. The van der Waals surface area contributed by atoms with Crippen LogP contribution >= 0.6 is 11.6 Å². The molecular weight excluding hydrogens is 522 g/mol. The van der Waals surface area contributed by atoms with Crippen molar-refractivity contribution in [3.8, 4) is 6.07 Å². The van der Waals surface area contributed by atoms with Crippen molar-refractivity contribution in [2.45, 2.75) is 59.0 Å². The van der Waals surface area contributed by atoms with Crippen LogP contribution in [0.15, 0.2) is 42.1 Å². The van der Waals surface area contributed by atoms with Crippen LogP contribution in [-0.4, -0.2) is 27.1 Å². The minimum atomic E-state index is -0.760. The number of hydrogen-bond donors (Lipinski definition) is 4. The molecule has 1 fully saturated rings. The number of hydrogen-bond acceptors (Lipinski definition) is 8. The molecule has 2 aliphatic rings. The first-order valence-corrected chi connectivity index (χ1v) is 13.2. The summed E-state index contributed by atoms with van der Waals surface area (Å²) in [6, 6.07) is 7.83. The highest BCUT2D eigenvalue weighted by Gasteiger charge is 2.48. The quantitative estimate of drug-likeness (QED) is 0.202. The summed E-state index contributed by atoms with van der Waals surface area (Å²) in [6.07, 6.45) is 3.22. The number of nitrogens with one attached hydrogen (secondary N) is 4. The zero-order valence-corrected chi connectivity index (χ0v) is 23.3. The third-order valence-corrected chi connectivity index (χ3v) is 7.37. The predicted octanol–water partition coefficient (Wildman–Crippen LogP) is 6.23. The molecule has 39 heavy (non-hydrogen) atoms. The van der Waals surface area contributed by atoms with Crippen LogP contribution in [0.1, 0.15) is 63.4 Å². The van der Waals surface area contributed by atoms with E-state index in [1.165, 1.54) is 17.3 Å². The zero-order valence-electron chi connectivity index (χ0n) is 22.5. The maximum absolute atomic E-state index is 15.8. The second-order valence-corrected chi connectivity index (χ2v) is 12.0. The smallest absolute Gasteiger partial charge is 0.228 e. The lowest BCUT2D eigenvalue weighted by Crippen LogP contribution is -2.44. The minimum absolute atomic E-state index is 0.0462. The Bertz CT molecular complexity index is 1520. The molecule has 5 rings (SSSR count). The van der Waals surface area contributed by atoms with E-state index in [-0.39, 0.29) is 16.7 Å². The highest BCUT2D eigenvalue weighted by molar-refractivity contribution is 6.35. The van der Waals surface area contributed by atoms with E-state index in [9.17, 15) is 9.65 Å². The number of nitrogens with zero attached hydrogens (tertiary/aromatic N) is 4. The van der Waals surface area contributed by atoms with E-state index in [0.717, 1.165) is 12.8 Å². The van der Waals surface area contributed by atoms with Gasteiger partial charge in [-0.25, -0.2) is 4.98 Å². The standard InChI is InChI=1S/C28H31ClF2N8/c1-15-18(6-7-21(30)35-15)24(25-26(31)39(38-37-25)28(5)8-9-28)36-17-10-19-22(34-14-27(2,3)4)16(12-32)13-33-23(19)20(29)11-17/h6-7,10-11,13,24,36-38H,8-9,14H2,1-5H3,(H,33,34)/t24-/m0/s1. The van der Waals surface area contributed by atoms with Crippen LogP contribution in [0, 0.1) is 29.6 Å². The van der Waals surface area contributed by atoms with Gasteiger partial charge in [0.1, 0.15) is 11.8 Å². The molecule has 204 valence electrons. The van der Waals surface area contributed by atoms with Crippen LogP contribution in [0.2, 0.25) is 5.02 Å². The molecular formula is C28H31ClF2N8. The number of hydrazine groups is 2. The van der Waals surface area contributed by atoms with Gasteiger partial charge in [-0.15, -0.1) is 5.53 Å². The number of pyridine rings is 2. The van der Waals surface area contributed by atoms with Gasteiger partial charge in [-0.1, -0.05) is 38.4 Å². The van der Waals surface area contributed by atoms with Crippen LogP contribution in [0.25, 0.3) is 10.9 Å². The van der Waals surface area contributed by atoms with Crippen molar-refractivity contribution in [2.24, 2.45) is 5.41 Å². The molecule has 0 radical (unpaired) electrons. The second kappa shape index (κ2) is 9.81. The molecule has 0 saturated heterocycles. The van der Waals surface area contributed by atoms with Gasteiger partial charge >= 0.3 is 0 Å². The summed E-state index contributed by atoms with van der Waals surface area (Å²) in [6.45, 7) is 10.5. The number of benzene rings is 1. The summed E-state index contributed by atoms with van der Waals surface area (Å²) < 4.78 is 29.7. The lowest BCUT2D eigenvalue weighted by atomic mass is 9.96. The lowest BCUT2D eigenvalue weighted by molar-refractivity contribution is 0.136. The monoisotopic (exact) mass is 552 g/mol. The van der Waals surface area contributed by atoms with Crippen molar-refractivity contribution in [3.63, 3.8) is 0 Å². The number of aromatic nitrogens is 2. The lowest BCUT2D eigenvalue weighted by Gasteiger charge is -2.24. The molecule has 2 aromatic heterocycles. The van der Waals surface area contributed by atoms with Crippen molar-refractivity contribution in [3.05, 3.63) is 69.9 Å². The first-order chi connectivity index (χ1) is 18.4. The Kier molecular flexibility index (Phi) is 6.77. The molecule has 1 atom stereocenters.